The van der Waals surface area contributed by atoms with E-state index in [1.807, 2.05) is 0 Å². The van der Waals surface area contributed by atoms with Crippen LogP contribution in [0.4, 0.5) is 5.69 Å². The number of hydrogen-bond acceptors (Lipinski definition) is 7. The summed E-state index contributed by atoms with van der Waals surface area (Å²) in [5, 5.41) is 7.34. The molecule has 1 aliphatic rings. The van der Waals surface area contributed by atoms with Crippen LogP contribution in [0, 0.1) is 0 Å². The van der Waals surface area contributed by atoms with Crippen molar-refractivity contribution in [3.63, 3.8) is 0 Å². The van der Waals surface area contributed by atoms with E-state index in [2.05, 4.69) is 25.4 Å². The van der Waals surface area contributed by atoms with Crippen molar-refractivity contribution in [2.24, 2.45) is 5.73 Å². The maximum absolute atomic E-state index is 12.7. The van der Waals surface area contributed by atoms with Gasteiger partial charge in [0.25, 0.3) is 11.8 Å². The number of nitrogens with one attached hydrogen (secondary N) is 1. The zero-order valence-corrected chi connectivity index (χ0v) is 16.3. The van der Waals surface area contributed by atoms with Crippen LogP contribution < -0.4 is 11.1 Å². The van der Waals surface area contributed by atoms with Gasteiger partial charge in [0, 0.05) is 23.1 Å². The Morgan fingerprint density at radius 1 is 1.14 bits per heavy atom. The van der Waals surface area contributed by atoms with Crippen molar-refractivity contribution >= 4 is 35.6 Å². The molecule has 28 heavy (non-hydrogen) atoms. The Kier molecular flexibility index (Phi) is 5.93. The van der Waals surface area contributed by atoms with Crippen LogP contribution in [0.25, 0.3) is 11.6 Å². The molecule has 2 aromatic heterocycles. The molecule has 8 nitrogen and oxygen atoms in total. The van der Waals surface area contributed by atoms with Gasteiger partial charge >= 0.3 is 0 Å². The molecule has 3 N–H and O–H groups in total. The van der Waals surface area contributed by atoms with E-state index in [4.69, 9.17) is 21.9 Å². The van der Waals surface area contributed by atoms with E-state index in [9.17, 15) is 4.79 Å². The van der Waals surface area contributed by atoms with E-state index in [0.29, 0.717) is 16.5 Å². The van der Waals surface area contributed by atoms with E-state index in [-0.39, 0.29) is 29.7 Å². The fourth-order valence-corrected chi connectivity index (χ4v) is 3.26. The predicted molar refractivity (Wildman–Crippen MR) is 106 cm³/mol. The molecule has 0 atom stereocenters. The van der Waals surface area contributed by atoms with Crippen LogP contribution in [0.5, 0.6) is 0 Å². The molecule has 146 valence electrons. The molecule has 1 aliphatic carbocycles. The minimum Gasteiger partial charge on any atom is -0.332 e. The number of hydrogen-bond donors (Lipinski definition) is 2. The van der Waals surface area contributed by atoms with Gasteiger partial charge in [-0.25, -0.2) is 9.97 Å². The van der Waals surface area contributed by atoms with Crippen molar-refractivity contribution in [2.75, 3.05) is 5.32 Å². The van der Waals surface area contributed by atoms with Crippen LogP contribution in [0.1, 0.15) is 42.0 Å². The SMILES string of the molecule is Cl.NC1(c2noc(-c3nccnc3C(=O)Nc3ccc(Cl)cc3)n2)CCCC1. The molecule has 1 saturated carbocycles. The quantitative estimate of drug-likeness (QED) is 0.661. The topological polar surface area (TPSA) is 120 Å². The molecular weight excluding hydrogens is 403 g/mol. The van der Waals surface area contributed by atoms with Crippen LogP contribution in [0.2, 0.25) is 5.02 Å². The first-order valence-corrected chi connectivity index (χ1v) is 8.94. The third-order valence-electron chi connectivity index (χ3n) is 4.59. The Balaban J connectivity index is 0.00000225. The second-order valence-electron chi connectivity index (χ2n) is 6.50. The van der Waals surface area contributed by atoms with Gasteiger partial charge in [-0.2, -0.15) is 4.98 Å². The molecule has 0 radical (unpaired) electrons. The number of benzene rings is 1. The van der Waals surface area contributed by atoms with Gasteiger partial charge in [-0.3, -0.25) is 4.79 Å². The van der Waals surface area contributed by atoms with Crippen molar-refractivity contribution < 1.29 is 9.32 Å². The van der Waals surface area contributed by atoms with Crippen LogP contribution in [-0.4, -0.2) is 26.0 Å². The summed E-state index contributed by atoms with van der Waals surface area (Å²) in [6, 6.07) is 6.75. The van der Waals surface area contributed by atoms with Gasteiger partial charge in [-0.15, -0.1) is 12.4 Å². The number of nitrogens with two attached hydrogens (primary N) is 1. The Morgan fingerprint density at radius 3 is 2.54 bits per heavy atom. The van der Waals surface area contributed by atoms with E-state index < -0.39 is 11.4 Å². The van der Waals surface area contributed by atoms with Gasteiger partial charge in [-0.05, 0) is 37.1 Å². The molecule has 4 rings (SSSR count). The number of aromatic nitrogens is 4. The molecule has 0 aliphatic heterocycles. The van der Waals surface area contributed by atoms with Gasteiger partial charge in [0.05, 0.1) is 5.54 Å². The predicted octanol–water partition coefficient (Wildman–Crippen LogP) is 3.58. The van der Waals surface area contributed by atoms with Crippen LogP contribution in [-0.2, 0) is 5.54 Å². The summed E-state index contributed by atoms with van der Waals surface area (Å²) in [7, 11) is 0. The van der Waals surface area contributed by atoms with Crippen LogP contribution in [0.3, 0.4) is 0 Å². The molecule has 0 bridgehead atoms. The first-order chi connectivity index (χ1) is 13.0. The fourth-order valence-electron chi connectivity index (χ4n) is 3.14. The lowest BCUT2D eigenvalue weighted by Gasteiger charge is -2.17. The smallest absolute Gasteiger partial charge is 0.279 e. The number of amides is 1. The lowest BCUT2D eigenvalue weighted by atomic mass is 9.99. The van der Waals surface area contributed by atoms with Crippen molar-refractivity contribution in [1.82, 2.24) is 20.1 Å². The van der Waals surface area contributed by atoms with Crippen LogP contribution in [0.15, 0.2) is 41.2 Å². The zero-order valence-electron chi connectivity index (χ0n) is 14.8. The standard InChI is InChI=1S/C18H17ClN6O2.ClH/c19-11-3-5-12(6-4-11)23-15(26)13-14(22-10-9-21-13)16-24-17(25-27-16)18(20)7-1-2-8-18;/h3-6,9-10H,1-2,7-8,20H2,(H,23,26);1H. The van der Waals surface area contributed by atoms with E-state index in [0.717, 1.165) is 25.7 Å². The maximum Gasteiger partial charge on any atom is 0.279 e. The maximum atomic E-state index is 12.7. The molecule has 10 heteroatoms. The van der Waals surface area contributed by atoms with Gasteiger partial charge < -0.3 is 15.6 Å². The third kappa shape index (κ3) is 3.99. The molecule has 0 spiro atoms. The van der Waals surface area contributed by atoms with Crippen LogP contribution >= 0.6 is 24.0 Å². The monoisotopic (exact) mass is 420 g/mol. The minimum absolute atomic E-state index is 0. The molecule has 2 heterocycles. The number of nitrogens with zero attached hydrogens (tertiary/aromatic N) is 4. The summed E-state index contributed by atoms with van der Waals surface area (Å²) < 4.78 is 5.34. The summed E-state index contributed by atoms with van der Waals surface area (Å²) in [4.78, 5) is 25.4. The highest BCUT2D eigenvalue weighted by Gasteiger charge is 2.36. The van der Waals surface area contributed by atoms with E-state index >= 15 is 0 Å². The zero-order chi connectivity index (χ0) is 18.9. The molecule has 3 aromatic rings. The Hall–Kier alpha value is -2.55. The second-order valence-corrected chi connectivity index (χ2v) is 6.94. The molecule has 1 amide bonds. The largest absolute Gasteiger partial charge is 0.332 e. The molecule has 1 aromatic carbocycles. The first kappa shape index (κ1) is 20.2. The van der Waals surface area contributed by atoms with E-state index in [1.165, 1.54) is 12.4 Å². The minimum atomic E-state index is -0.588. The van der Waals surface area contributed by atoms with Gasteiger partial charge in [0.2, 0.25) is 0 Å². The highest BCUT2D eigenvalue weighted by Crippen LogP contribution is 2.35. The average Bonchev–Trinajstić information content (AvgIpc) is 3.34. The summed E-state index contributed by atoms with van der Waals surface area (Å²) >= 11 is 5.87. The number of carbonyl (C=O) groups excluding carboxylic acids is 1. The Morgan fingerprint density at radius 2 is 1.82 bits per heavy atom. The number of halogens is 2. The average molecular weight is 421 g/mol. The normalized spacial score (nSPS) is 15.1. The molecular formula is C18H18Cl2N6O2. The first-order valence-electron chi connectivity index (χ1n) is 8.56. The summed E-state index contributed by atoms with van der Waals surface area (Å²) in [6.07, 6.45) is 6.55. The Labute approximate surface area is 172 Å². The van der Waals surface area contributed by atoms with Gasteiger partial charge in [0.15, 0.2) is 17.2 Å². The summed E-state index contributed by atoms with van der Waals surface area (Å²) in [5.74, 6) is 0.115. The summed E-state index contributed by atoms with van der Waals surface area (Å²) in [6.45, 7) is 0. The van der Waals surface area contributed by atoms with Crippen molar-refractivity contribution in [1.29, 1.82) is 0 Å². The van der Waals surface area contributed by atoms with E-state index in [1.54, 1.807) is 24.3 Å². The summed E-state index contributed by atoms with van der Waals surface area (Å²) in [5.41, 5.74) is 6.66. The van der Waals surface area contributed by atoms with Crippen molar-refractivity contribution in [3.8, 4) is 11.6 Å². The van der Waals surface area contributed by atoms with Crippen molar-refractivity contribution in [3.05, 3.63) is 53.2 Å². The molecule has 1 fully saturated rings. The molecule has 0 saturated heterocycles. The van der Waals surface area contributed by atoms with Gasteiger partial charge in [0.1, 0.15) is 0 Å². The van der Waals surface area contributed by atoms with Gasteiger partial charge in [-0.1, -0.05) is 29.6 Å². The third-order valence-corrected chi connectivity index (χ3v) is 4.84. The highest BCUT2D eigenvalue weighted by atomic mass is 35.5. The van der Waals surface area contributed by atoms with Crippen molar-refractivity contribution in [2.45, 2.75) is 31.2 Å². The lowest BCUT2D eigenvalue weighted by Crippen LogP contribution is -2.34. The number of anilines is 1. The lowest BCUT2D eigenvalue weighted by molar-refractivity contribution is 0.102. The molecule has 0 unspecified atom stereocenters. The Bertz CT molecular complexity index is 970. The fraction of sp³-hybridized carbons (Fsp3) is 0.278. The number of rotatable bonds is 4. The second kappa shape index (κ2) is 8.22. The number of carbonyl (C=O) groups is 1. The highest BCUT2D eigenvalue weighted by molar-refractivity contribution is 6.30.